The molecule has 3 atom stereocenters. The minimum absolute atomic E-state index is 0.183. The van der Waals surface area contributed by atoms with E-state index in [0.29, 0.717) is 5.41 Å². The van der Waals surface area contributed by atoms with Crippen LogP contribution in [-0.2, 0) is 9.63 Å². The van der Waals surface area contributed by atoms with Gasteiger partial charge in [0.05, 0.1) is 5.71 Å². The summed E-state index contributed by atoms with van der Waals surface area (Å²) in [7, 11) is 0. The Bertz CT molecular complexity index is 489. The number of aliphatic carboxylic acids is 1. The molecule has 1 saturated heterocycles. The number of carboxylic acid groups (broad SMARTS) is 1. The van der Waals surface area contributed by atoms with Crippen LogP contribution in [0.15, 0.2) is 5.16 Å². The van der Waals surface area contributed by atoms with Crippen LogP contribution in [0.25, 0.3) is 0 Å². The summed E-state index contributed by atoms with van der Waals surface area (Å²) in [6, 6.07) is 0. The standard InChI is InChI=1S/C11H16N2O.C2HF3O2/c1-10(7-5-12-6-8(7)10)9-4-11(2-3-11)14-13-9;3-2(4,5)1(6)7/h7-8,12H,2-6H2,1H3;(H,6,7)/t7-,8+,10?;. The highest BCUT2D eigenvalue weighted by Gasteiger charge is 2.68. The van der Waals surface area contributed by atoms with Crippen molar-refractivity contribution in [3.8, 4) is 0 Å². The van der Waals surface area contributed by atoms with Gasteiger partial charge in [-0.05, 0) is 37.8 Å². The number of nitrogens with one attached hydrogen (secondary N) is 1. The monoisotopic (exact) mass is 306 g/mol. The second kappa shape index (κ2) is 4.34. The fraction of sp³-hybridized carbons (Fsp3) is 0.846. The summed E-state index contributed by atoms with van der Waals surface area (Å²) < 4.78 is 31.7. The van der Waals surface area contributed by atoms with Gasteiger partial charge in [-0.3, -0.25) is 0 Å². The Balaban J connectivity index is 0.000000164. The fourth-order valence-corrected chi connectivity index (χ4v) is 3.45. The molecule has 4 aliphatic rings. The van der Waals surface area contributed by atoms with Crippen molar-refractivity contribution in [3.63, 3.8) is 0 Å². The lowest BCUT2D eigenvalue weighted by Gasteiger charge is -2.14. The van der Waals surface area contributed by atoms with Crippen molar-refractivity contribution in [2.45, 2.75) is 38.0 Å². The average molecular weight is 306 g/mol. The maximum absolute atomic E-state index is 10.6. The molecule has 8 heteroatoms. The molecular weight excluding hydrogens is 289 g/mol. The predicted molar refractivity (Wildman–Crippen MR) is 66.7 cm³/mol. The normalized spacial score (nSPS) is 38.0. The van der Waals surface area contributed by atoms with E-state index in [1.807, 2.05) is 0 Å². The molecule has 4 rings (SSSR count). The van der Waals surface area contributed by atoms with E-state index >= 15 is 0 Å². The summed E-state index contributed by atoms with van der Waals surface area (Å²) in [6.07, 6.45) is -1.51. The molecule has 2 heterocycles. The third-order valence-corrected chi connectivity index (χ3v) is 5.16. The molecule has 21 heavy (non-hydrogen) atoms. The molecule has 118 valence electrons. The van der Waals surface area contributed by atoms with Crippen LogP contribution in [0, 0.1) is 17.3 Å². The van der Waals surface area contributed by atoms with Gasteiger partial charge in [-0.1, -0.05) is 12.1 Å². The van der Waals surface area contributed by atoms with Crippen molar-refractivity contribution < 1.29 is 27.9 Å². The summed E-state index contributed by atoms with van der Waals surface area (Å²) in [5.74, 6) is -1.06. The first-order valence-electron chi connectivity index (χ1n) is 6.95. The summed E-state index contributed by atoms with van der Waals surface area (Å²) in [6.45, 7) is 4.76. The number of halogens is 3. The van der Waals surface area contributed by atoms with E-state index in [1.54, 1.807) is 0 Å². The molecule has 1 spiro atoms. The lowest BCUT2D eigenvalue weighted by atomic mass is 9.92. The van der Waals surface area contributed by atoms with Crippen molar-refractivity contribution >= 4 is 11.7 Å². The van der Waals surface area contributed by atoms with Crippen molar-refractivity contribution in [2.24, 2.45) is 22.4 Å². The van der Waals surface area contributed by atoms with E-state index in [9.17, 15) is 13.2 Å². The molecular formula is C13H17F3N2O3. The third-order valence-electron chi connectivity index (χ3n) is 5.16. The zero-order chi connectivity index (χ0) is 15.5. The molecule has 5 nitrogen and oxygen atoms in total. The molecule has 0 amide bonds. The first-order chi connectivity index (χ1) is 9.69. The van der Waals surface area contributed by atoms with Gasteiger partial charge in [0.15, 0.2) is 0 Å². The van der Waals surface area contributed by atoms with E-state index in [4.69, 9.17) is 14.7 Å². The Morgan fingerprint density at radius 3 is 2.29 bits per heavy atom. The van der Waals surface area contributed by atoms with Gasteiger partial charge < -0.3 is 15.3 Å². The highest BCUT2D eigenvalue weighted by molar-refractivity contribution is 5.95. The summed E-state index contributed by atoms with van der Waals surface area (Å²) >= 11 is 0. The number of oxime groups is 1. The highest BCUT2D eigenvalue weighted by atomic mass is 19.4. The van der Waals surface area contributed by atoms with Gasteiger partial charge in [0, 0.05) is 11.8 Å². The number of carbonyl (C=O) groups is 1. The number of hydrogen-bond donors (Lipinski definition) is 2. The van der Waals surface area contributed by atoms with E-state index < -0.39 is 12.1 Å². The Kier molecular flexibility index (Phi) is 3.02. The SMILES string of the molecule is CC1(C2=NOC3(CC3)C2)[C@@H]2CNC[C@@H]21.O=C(O)C(F)(F)F. The third kappa shape index (κ3) is 2.39. The maximum atomic E-state index is 10.6. The summed E-state index contributed by atoms with van der Waals surface area (Å²) in [5.41, 5.74) is 1.95. The maximum Gasteiger partial charge on any atom is 0.490 e. The van der Waals surface area contributed by atoms with Crippen LogP contribution in [0.4, 0.5) is 13.2 Å². The Morgan fingerprint density at radius 1 is 1.38 bits per heavy atom. The van der Waals surface area contributed by atoms with Gasteiger partial charge in [0.1, 0.15) is 5.60 Å². The molecule has 2 N–H and O–H groups in total. The van der Waals surface area contributed by atoms with Crippen LogP contribution in [0.1, 0.15) is 26.2 Å². The topological polar surface area (TPSA) is 70.9 Å². The Morgan fingerprint density at radius 2 is 1.90 bits per heavy atom. The molecule has 0 aromatic carbocycles. The molecule has 2 aliphatic carbocycles. The van der Waals surface area contributed by atoms with Crippen LogP contribution >= 0.6 is 0 Å². The number of hydrogen-bond acceptors (Lipinski definition) is 4. The smallest absolute Gasteiger partial charge is 0.475 e. The number of carboxylic acids is 1. The second-order valence-electron chi connectivity index (χ2n) is 6.45. The van der Waals surface area contributed by atoms with Crippen LogP contribution in [0.3, 0.4) is 0 Å². The van der Waals surface area contributed by atoms with Crippen molar-refractivity contribution in [3.05, 3.63) is 0 Å². The second-order valence-corrected chi connectivity index (χ2v) is 6.45. The molecule has 0 bridgehead atoms. The minimum atomic E-state index is -5.08. The van der Waals surface area contributed by atoms with Gasteiger partial charge in [-0.25, -0.2) is 4.79 Å². The molecule has 3 fully saturated rings. The van der Waals surface area contributed by atoms with Gasteiger partial charge in [-0.2, -0.15) is 13.2 Å². The number of rotatable bonds is 1. The Labute approximate surface area is 119 Å². The molecule has 1 unspecified atom stereocenters. The molecule has 2 saturated carbocycles. The van der Waals surface area contributed by atoms with Crippen molar-refractivity contribution in [1.82, 2.24) is 5.32 Å². The Hall–Kier alpha value is -1.31. The molecule has 0 aromatic rings. The van der Waals surface area contributed by atoms with E-state index in [2.05, 4.69) is 17.4 Å². The number of nitrogens with zero attached hydrogens (tertiary/aromatic N) is 1. The predicted octanol–water partition coefficient (Wildman–Crippen LogP) is 1.78. The van der Waals surface area contributed by atoms with Crippen LogP contribution in [0.2, 0.25) is 0 Å². The zero-order valence-electron chi connectivity index (χ0n) is 11.5. The first kappa shape index (κ1) is 14.6. The van der Waals surface area contributed by atoms with Crippen LogP contribution in [0.5, 0.6) is 0 Å². The molecule has 2 aliphatic heterocycles. The summed E-state index contributed by atoms with van der Waals surface area (Å²) in [4.78, 5) is 14.5. The summed E-state index contributed by atoms with van der Waals surface area (Å²) in [5, 5.41) is 14.9. The fourth-order valence-electron chi connectivity index (χ4n) is 3.45. The zero-order valence-corrected chi connectivity index (χ0v) is 11.5. The van der Waals surface area contributed by atoms with Crippen molar-refractivity contribution in [2.75, 3.05) is 13.1 Å². The quantitative estimate of drug-likeness (QED) is 0.775. The van der Waals surface area contributed by atoms with Gasteiger partial charge >= 0.3 is 12.1 Å². The van der Waals surface area contributed by atoms with Gasteiger partial charge in [-0.15, -0.1) is 0 Å². The van der Waals surface area contributed by atoms with E-state index in [0.717, 1.165) is 18.3 Å². The highest BCUT2D eigenvalue weighted by Crippen LogP contribution is 2.64. The molecule has 0 aromatic heterocycles. The minimum Gasteiger partial charge on any atom is -0.475 e. The average Bonchev–Trinajstić information content (AvgIpc) is 3.03. The number of fused-ring (bicyclic) bond motifs is 1. The lowest BCUT2D eigenvalue weighted by Crippen LogP contribution is -2.26. The van der Waals surface area contributed by atoms with E-state index in [1.165, 1.54) is 31.6 Å². The first-order valence-corrected chi connectivity index (χ1v) is 6.95. The van der Waals surface area contributed by atoms with E-state index in [-0.39, 0.29) is 5.60 Å². The van der Waals surface area contributed by atoms with Gasteiger partial charge in [0.2, 0.25) is 0 Å². The largest absolute Gasteiger partial charge is 0.490 e. The van der Waals surface area contributed by atoms with Crippen molar-refractivity contribution in [1.29, 1.82) is 0 Å². The van der Waals surface area contributed by atoms with Crippen LogP contribution < -0.4 is 5.32 Å². The molecule has 0 radical (unpaired) electrons. The number of alkyl halides is 3. The number of piperidine rings is 1. The lowest BCUT2D eigenvalue weighted by molar-refractivity contribution is -0.192. The van der Waals surface area contributed by atoms with Gasteiger partial charge in [0.25, 0.3) is 0 Å². The van der Waals surface area contributed by atoms with Crippen LogP contribution in [-0.4, -0.2) is 41.7 Å².